The molecule has 1 aliphatic heterocycles. The summed E-state index contributed by atoms with van der Waals surface area (Å²) in [5.74, 6) is 0.0653. The van der Waals surface area contributed by atoms with Gasteiger partial charge < -0.3 is 4.90 Å². The second-order valence-corrected chi connectivity index (χ2v) is 6.09. The van der Waals surface area contributed by atoms with Crippen molar-refractivity contribution in [2.45, 2.75) is 25.1 Å². The van der Waals surface area contributed by atoms with E-state index in [-0.39, 0.29) is 16.3 Å². The van der Waals surface area contributed by atoms with E-state index in [1.807, 2.05) is 0 Å². The highest BCUT2D eigenvalue weighted by Crippen LogP contribution is 2.25. The molecule has 1 atom stereocenters. The monoisotopic (exact) mass is 284 g/mol. The third kappa shape index (κ3) is 3.46. The molecule has 1 amide bonds. The zero-order valence-corrected chi connectivity index (χ0v) is 11.5. The highest BCUT2D eigenvalue weighted by Gasteiger charge is 2.30. The second-order valence-electron chi connectivity index (χ2n) is 4.18. The van der Waals surface area contributed by atoms with Crippen molar-refractivity contribution in [2.75, 3.05) is 6.54 Å². The minimum absolute atomic E-state index is 0.0514. The van der Waals surface area contributed by atoms with Crippen LogP contribution in [0, 0.1) is 0 Å². The van der Waals surface area contributed by atoms with E-state index >= 15 is 0 Å². The molecule has 1 aromatic rings. The van der Waals surface area contributed by atoms with Gasteiger partial charge in [0.05, 0.1) is 12.2 Å². The molecule has 0 N–H and O–H groups in total. The van der Waals surface area contributed by atoms with Crippen molar-refractivity contribution in [2.24, 2.45) is 0 Å². The fraction of sp³-hybridized carbons (Fsp3) is 0.417. The summed E-state index contributed by atoms with van der Waals surface area (Å²) in [6.07, 6.45) is 2.05. The predicted octanol–water partition coefficient (Wildman–Crippen LogP) is 2.12. The Bertz CT molecular complexity index is 481. The fourth-order valence-corrected chi connectivity index (χ4v) is 3.07. The molecule has 1 saturated heterocycles. The van der Waals surface area contributed by atoms with Gasteiger partial charge in [0.2, 0.25) is 5.91 Å². The number of likely N-dealkylation sites (tertiary alicyclic amines) is 1. The Morgan fingerprint density at radius 1 is 1.67 bits per heavy atom. The van der Waals surface area contributed by atoms with Crippen molar-refractivity contribution in [3.05, 3.63) is 29.0 Å². The Kier molecular flexibility index (Phi) is 4.24. The highest BCUT2D eigenvalue weighted by atomic mass is 35.5. The van der Waals surface area contributed by atoms with E-state index in [1.54, 1.807) is 23.2 Å². The van der Waals surface area contributed by atoms with Crippen LogP contribution in [0.5, 0.6) is 0 Å². The van der Waals surface area contributed by atoms with Crippen LogP contribution in [0.25, 0.3) is 0 Å². The number of nitrogens with zero attached hydrogens (tertiary/aromatic N) is 2. The van der Waals surface area contributed by atoms with Gasteiger partial charge in [-0.05, 0) is 12.1 Å². The van der Waals surface area contributed by atoms with Gasteiger partial charge in [0.25, 0.3) is 0 Å². The molecule has 2 heterocycles. The molecule has 0 saturated carbocycles. The normalized spacial score (nSPS) is 19.3. The number of hydrogen-bond acceptors (Lipinski definition) is 4. The maximum Gasteiger partial charge on any atom is 0.224 e. The van der Waals surface area contributed by atoms with E-state index in [1.165, 1.54) is 18.7 Å². The zero-order valence-electron chi connectivity index (χ0n) is 9.93. The molecule has 1 aromatic heterocycles. The third-order valence-corrected chi connectivity index (χ3v) is 3.86. The van der Waals surface area contributed by atoms with Gasteiger partial charge in [-0.25, -0.2) is 0 Å². The van der Waals surface area contributed by atoms with Crippen LogP contribution in [-0.4, -0.2) is 32.7 Å². The van der Waals surface area contributed by atoms with Gasteiger partial charge in [-0.1, -0.05) is 23.4 Å². The van der Waals surface area contributed by atoms with E-state index in [4.69, 9.17) is 11.6 Å². The average molecular weight is 285 g/mol. The first kappa shape index (κ1) is 13.4. The smallest absolute Gasteiger partial charge is 0.224 e. The number of aromatic nitrogens is 1. The number of thioether (sulfide) groups is 1. The summed E-state index contributed by atoms with van der Waals surface area (Å²) in [6.45, 7) is 2.57. The van der Waals surface area contributed by atoms with Gasteiger partial charge in [-0.2, -0.15) is 0 Å². The van der Waals surface area contributed by atoms with Crippen LogP contribution < -0.4 is 0 Å². The minimum atomic E-state index is 0.0514. The molecule has 4 nitrogen and oxygen atoms in total. The Morgan fingerprint density at radius 2 is 2.44 bits per heavy atom. The van der Waals surface area contributed by atoms with Gasteiger partial charge in [0, 0.05) is 36.4 Å². The highest BCUT2D eigenvalue weighted by molar-refractivity contribution is 8.14. The van der Waals surface area contributed by atoms with Crippen molar-refractivity contribution in [1.29, 1.82) is 0 Å². The van der Waals surface area contributed by atoms with Crippen molar-refractivity contribution < 1.29 is 9.59 Å². The maximum absolute atomic E-state index is 11.8. The molecule has 1 aliphatic rings. The van der Waals surface area contributed by atoms with Gasteiger partial charge in [-0.3, -0.25) is 14.6 Å². The number of carbonyl (C=O) groups excluding carboxylic acids is 2. The summed E-state index contributed by atoms with van der Waals surface area (Å²) in [5, 5.41) is 0.728. The van der Waals surface area contributed by atoms with Crippen LogP contribution >= 0.6 is 23.4 Å². The summed E-state index contributed by atoms with van der Waals surface area (Å²) >= 11 is 7.11. The summed E-state index contributed by atoms with van der Waals surface area (Å²) in [4.78, 5) is 28.7. The number of carbonyl (C=O) groups is 2. The van der Waals surface area contributed by atoms with Gasteiger partial charge in [0.1, 0.15) is 0 Å². The molecule has 0 aromatic carbocycles. The minimum Gasteiger partial charge on any atom is -0.336 e. The van der Waals surface area contributed by atoms with E-state index in [0.29, 0.717) is 24.5 Å². The lowest BCUT2D eigenvalue weighted by molar-refractivity contribution is -0.128. The molecule has 0 radical (unpaired) electrons. The van der Waals surface area contributed by atoms with Crippen molar-refractivity contribution in [1.82, 2.24) is 9.88 Å². The molecular weight excluding hydrogens is 272 g/mol. The fourth-order valence-electron chi connectivity index (χ4n) is 1.93. The molecule has 18 heavy (non-hydrogen) atoms. The van der Waals surface area contributed by atoms with E-state index < -0.39 is 0 Å². The van der Waals surface area contributed by atoms with Crippen LogP contribution in [0.15, 0.2) is 18.3 Å². The average Bonchev–Trinajstić information content (AvgIpc) is 2.58. The van der Waals surface area contributed by atoms with Crippen LogP contribution in [0.3, 0.4) is 0 Å². The molecule has 1 unspecified atom stereocenters. The summed E-state index contributed by atoms with van der Waals surface area (Å²) < 4.78 is 0. The van der Waals surface area contributed by atoms with Crippen LogP contribution in [-0.2, 0) is 16.1 Å². The Hall–Kier alpha value is -1.07. The molecule has 96 valence electrons. The lowest BCUT2D eigenvalue weighted by atomic mass is 10.3. The van der Waals surface area contributed by atoms with Crippen LogP contribution in [0.2, 0.25) is 5.02 Å². The third-order valence-electron chi connectivity index (χ3n) is 2.64. The quantitative estimate of drug-likeness (QED) is 0.853. The Balaban J connectivity index is 1.98. The number of pyridine rings is 1. The lowest BCUT2D eigenvalue weighted by Gasteiger charge is -2.15. The summed E-state index contributed by atoms with van der Waals surface area (Å²) in [7, 11) is 0. The molecule has 6 heteroatoms. The van der Waals surface area contributed by atoms with Gasteiger partial charge >= 0.3 is 0 Å². The summed E-state index contributed by atoms with van der Waals surface area (Å²) in [5.41, 5.74) is 0.768. The molecule has 0 aliphatic carbocycles. The summed E-state index contributed by atoms with van der Waals surface area (Å²) in [6, 6.07) is 3.45. The Labute approximate surface area is 115 Å². The van der Waals surface area contributed by atoms with Crippen LogP contribution in [0.1, 0.15) is 19.0 Å². The molecule has 0 spiro atoms. The lowest BCUT2D eigenvalue weighted by Crippen LogP contribution is -2.25. The first-order chi connectivity index (χ1) is 8.54. The molecule has 2 rings (SSSR count). The maximum atomic E-state index is 11.8. The van der Waals surface area contributed by atoms with Gasteiger partial charge in [0.15, 0.2) is 5.12 Å². The number of hydrogen-bond donors (Lipinski definition) is 0. The number of amides is 1. The topological polar surface area (TPSA) is 50.3 Å². The molecule has 1 fully saturated rings. The number of rotatable bonds is 3. The molecular formula is C12H13ClN2O2S. The van der Waals surface area contributed by atoms with Crippen molar-refractivity contribution in [3.8, 4) is 0 Å². The van der Waals surface area contributed by atoms with E-state index in [9.17, 15) is 9.59 Å². The first-order valence-electron chi connectivity index (χ1n) is 5.60. The Morgan fingerprint density at radius 3 is 3.11 bits per heavy atom. The SMILES string of the molecule is CC(=O)SC1CC(=O)N(Cc2cc(Cl)ccn2)C1. The number of halogens is 1. The van der Waals surface area contributed by atoms with E-state index in [0.717, 1.165) is 5.69 Å². The van der Waals surface area contributed by atoms with Crippen LogP contribution in [0.4, 0.5) is 0 Å². The van der Waals surface area contributed by atoms with E-state index in [2.05, 4.69) is 4.98 Å². The second kappa shape index (κ2) is 5.71. The zero-order chi connectivity index (χ0) is 13.1. The predicted molar refractivity (Wildman–Crippen MR) is 71.3 cm³/mol. The standard InChI is InChI=1S/C12H13ClN2O2S/c1-8(16)18-11-5-12(17)15(7-11)6-10-4-9(13)2-3-14-10/h2-4,11H,5-7H2,1H3. The molecule has 0 bridgehead atoms. The van der Waals surface area contributed by atoms with Crippen molar-refractivity contribution >= 4 is 34.4 Å². The van der Waals surface area contributed by atoms with Gasteiger partial charge in [-0.15, -0.1) is 0 Å². The largest absolute Gasteiger partial charge is 0.336 e. The first-order valence-corrected chi connectivity index (χ1v) is 6.86. The van der Waals surface area contributed by atoms with Crippen molar-refractivity contribution in [3.63, 3.8) is 0 Å².